The minimum Gasteiger partial charge on any atom is -0.481 e. The third kappa shape index (κ3) is 4.62. The normalized spacial score (nSPS) is 13.2. The Morgan fingerprint density at radius 1 is 0.920 bits per heavy atom. The Bertz CT molecular complexity index is 780. The van der Waals surface area contributed by atoms with Gasteiger partial charge in [0.2, 0.25) is 0 Å². The molecule has 1 N–H and O–H groups in total. The predicted molar refractivity (Wildman–Crippen MR) is 103 cm³/mol. The summed E-state index contributed by atoms with van der Waals surface area (Å²) in [5.41, 5.74) is 6.97. The molecule has 0 saturated carbocycles. The lowest BCUT2D eigenvalue weighted by molar-refractivity contribution is -0.127. The van der Waals surface area contributed by atoms with Gasteiger partial charge in [0, 0.05) is 0 Å². The molecular weight excluding hydrogens is 310 g/mol. The van der Waals surface area contributed by atoms with Crippen molar-refractivity contribution in [1.29, 1.82) is 0 Å². The minimum absolute atomic E-state index is 0.0572. The van der Waals surface area contributed by atoms with E-state index in [1.165, 1.54) is 16.7 Å². The van der Waals surface area contributed by atoms with E-state index in [0.29, 0.717) is 0 Å². The van der Waals surface area contributed by atoms with Crippen LogP contribution in [-0.4, -0.2) is 12.0 Å². The molecule has 0 aliphatic rings. The monoisotopic (exact) mass is 339 g/mol. The van der Waals surface area contributed by atoms with Crippen molar-refractivity contribution in [3.05, 3.63) is 63.7 Å². The van der Waals surface area contributed by atoms with Crippen LogP contribution in [0.4, 0.5) is 0 Å². The van der Waals surface area contributed by atoms with E-state index >= 15 is 0 Å². The fraction of sp³-hybridized carbons (Fsp3) is 0.409. The number of benzene rings is 2. The molecule has 0 fully saturated rings. The maximum absolute atomic E-state index is 12.5. The van der Waals surface area contributed by atoms with Gasteiger partial charge in [0.1, 0.15) is 5.75 Å². The molecular formula is C22H29NO2. The van der Waals surface area contributed by atoms with Crippen LogP contribution in [0.3, 0.4) is 0 Å². The van der Waals surface area contributed by atoms with Gasteiger partial charge in [-0.05, 0) is 87.9 Å². The van der Waals surface area contributed by atoms with E-state index in [4.69, 9.17) is 4.74 Å². The van der Waals surface area contributed by atoms with Gasteiger partial charge in [0.15, 0.2) is 6.10 Å². The summed E-state index contributed by atoms with van der Waals surface area (Å²) in [6, 6.07) is 10.3. The Kier molecular flexibility index (Phi) is 5.89. The number of nitrogens with one attached hydrogen (secondary N) is 1. The largest absolute Gasteiger partial charge is 0.481 e. The third-order valence-electron chi connectivity index (χ3n) is 4.83. The van der Waals surface area contributed by atoms with Crippen LogP contribution in [0.5, 0.6) is 5.75 Å². The summed E-state index contributed by atoms with van der Waals surface area (Å²) < 4.78 is 5.94. The molecule has 3 heteroatoms. The molecule has 0 heterocycles. The summed E-state index contributed by atoms with van der Waals surface area (Å²) >= 11 is 0. The summed E-state index contributed by atoms with van der Waals surface area (Å²) in [5.74, 6) is 0.670. The van der Waals surface area contributed by atoms with Crippen molar-refractivity contribution in [2.45, 2.75) is 60.6 Å². The van der Waals surface area contributed by atoms with Crippen molar-refractivity contribution >= 4 is 5.91 Å². The minimum atomic E-state index is -0.547. The first-order chi connectivity index (χ1) is 11.7. The van der Waals surface area contributed by atoms with Crippen LogP contribution < -0.4 is 10.1 Å². The van der Waals surface area contributed by atoms with Gasteiger partial charge in [0.25, 0.3) is 5.91 Å². The van der Waals surface area contributed by atoms with Crippen molar-refractivity contribution in [1.82, 2.24) is 5.32 Å². The molecule has 0 aliphatic heterocycles. The number of hydrogen-bond acceptors (Lipinski definition) is 2. The first kappa shape index (κ1) is 19.0. The van der Waals surface area contributed by atoms with Crippen LogP contribution in [0.2, 0.25) is 0 Å². The molecule has 2 aromatic carbocycles. The number of hydrogen-bond donors (Lipinski definition) is 1. The van der Waals surface area contributed by atoms with Gasteiger partial charge in [-0.1, -0.05) is 24.3 Å². The Balaban J connectivity index is 2.06. The standard InChI is InChI=1S/C22H29NO2/c1-13-10-16(4)17(5)21(11-13)25-19(7)22(24)23-18(6)20-9-8-14(2)15(3)12-20/h8-12,18-19H,1-7H3,(H,23,24)/t18-,19-/m0/s1. The fourth-order valence-electron chi connectivity index (χ4n) is 2.82. The predicted octanol–water partition coefficient (Wildman–Crippen LogP) is 4.87. The molecule has 0 radical (unpaired) electrons. The topological polar surface area (TPSA) is 38.3 Å². The molecule has 1 amide bonds. The van der Waals surface area contributed by atoms with Crippen LogP contribution in [0, 0.1) is 34.6 Å². The second-order valence-electron chi connectivity index (χ2n) is 7.04. The second-order valence-corrected chi connectivity index (χ2v) is 7.04. The summed E-state index contributed by atoms with van der Waals surface area (Å²) in [6.45, 7) is 14.1. The summed E-state index contributed by atoms with van der Waals surface area (Å²) in [5, 5.41) is 3.05. The molecule has 0 aliphatic carbocycles. The lowest BCUT2D eigenvalue weighted by Gasteiger charge is -2.21. The molecule has 0 spiro atoms. The van der Waals surface area contributed by atoms with E-state index in [2.05, 4.69) is 50.4 Å². The summed E-state index contributed by atoms with van der Waals surface area (Å²) in [7, 11) is 0. The van der Waals surface area contributed by atoms with Crippen LogP contribution in [0.25, 0.3) is 0 Å². The lowest BCUT2D eigenvalue weighted by atomic mass is 10.0. The average molecular weight is 339 g/mol. The second kappa shape index (κ2) is 7.73. The highest BCUT2D eigenvalue weighted by Gasteiger charge is 2.19. The average Bonchev–Trinajstić information content (AvgIpc) is 2.54. The maximum atomic E-state index is 12.5. The van der Waals surface area contributed by atoms with Crippen molar-refractivity contribution in [2.24, 2.45) is 0 Å². The summed E-state index contributed by atoms with van der Waals surface area (Å²) in [4.78, 5) is 12.5. The van der Waals surface area contributed by atoms with E-state index in [1.807, 2.05) is 26.8 Å². The molecule has 25 heavy (non-hydrogen) atoms. The number of ether oxygens (including phenoxy) is 1. The lowest BCUT2D eigenvalue weighted by Crippen LogP contribution is -2.38. The van der Waals surface area contributed by atoms with Crippen molar-refractivity contribution < 1.29 is 9.53 Å². The molecule has 2 rings (SSSR count). The molecule has 0 bridgehead atoms. The molecule has 0 aromatic heterocycles. The van der Waals surface area contributed by atoms with Crippen molar-refractivity contribution in [2.75, 3.05) is 0 Å². The zero-order valence-corrected chi connectivity index (χ0v) is 16.4. The number of carbonyl (C=O) groups excluding carboxylic acids is 1. The molecule has 0 saturated heterocycles. The Morgan fingerprint density at radius 2 is 1.60 bits per heavy atom. The van der Waals surface area contributed by atoms with Gasteiger partial charge < -0.3 is 10.1 Å². The van der Waals surface area contributed by atoms with Crippen LogP contribution in [0.15, 0.2) is 30.3 Å². The van der Waals surface area contributed by atoms with E-state index in [1.54, 1.807) is 6.92 Å². The van der Waals surface area contributed by atoms with Crippen LogP contribution >= 0.6 is 0 Å². The number of amides is 1. The molecule has 0 unspecified atom stereocenters. The van der Waals surface area contributed by atoms with Crippen molar-refractivity contribution in [3.8, 4) is 5.75 Å². The van der Waals surface area contributed by atoms with Crippen LogP contribution in [-0.2, 0) is 4.79 Å². The van der Waals surface area contributed by atoms with Gasteiger partial charge in [-0.3, -0.25) is 4.79 Å². The number of aryl methyl sites for hydroxylation is 4. The zero-order chi connectivity index (χ0) is 18.7. The third-order valence-corrected chi connectivity index (χ3v) is 4.83. The number of rotatable bonds is 5. The molecule has 2 aromatic rings. The quantitative estimate of drug-likeness (QED) is 0.843. The van der Waals surface area contributed by atoms with Gasteiger partial charge in [-0.15, -0.1) is 0 Å². The first-order valence-electron chi connectivity index (χ1n) is 8.81. The smallest absolute Gasteiger partial charge is 0.261 e. The van der Waals surface area contributed by atoms with Gasteiger partial charge in [0.05, 0.1) is 6.04 Å². The van der Waals surface area contributed by atoms with Gasteiger partial charge >= 0.3 is 0 Å². The van der Waals surface area contributed by atoms with Gasteiger partial charge in [-0.2, -0.15) is 0 Å². The Hall–Kier alpha value is -2.29. The highest BCUT2D eigenvalue weighted by Crippen LogP contribution is 2.24. The SMILES string of the molecule is Cc1cc(C)c(C)c(O[C@@H](C)C(=O)N[C@@H](C)c2ccc(C)c(C)c2)c1. The Morgan fingerprint density at radius 3 is 2.24 bits per heavy atom. The van der Waals surface area contributed by atoms with E-state index in [-0.39, 0.29) is 11.9 Å². The molecule has 2 atom stereocenters. The highest BCUT2D eigenvalue weighted by molar-refractivity contribution is 5.81. The highest BCUT2D eigenvalue weighted by atomic mass is 16.5. The molecule has 3 nitrogen and oxygen atoms in total. The molecule has 134 valence electrons. The van der Waals surface area contributed by atoms with E-state index < -0.39 is 6.10 Å². The van der Waals surface area contributed by atoms with Crippen molar-refractivity contribution in [3.63, 3.8) is 0 Å². The fourth-order valence-corrected chi connectivity index (χ4v) is 2.82. The zero-order valence-electron chi connectivity index (χ0n) is 16.4. The van der Waals surface area contributed by atoms with E-state index in [9.17, 15) is 4.79 Å². The summed E-state index contributed by atoms with van der Waals surface area (Å²) in [6.07, 6.45) is -0.547. The first-order valence-corrected chi connectivity index (χ1v) is 8.81. The van der Waals surface area contributed by atoms with Crippen LogP contribution in [0.1, 0.15) is 53.3 Å². The number of carbonyl (C=O) groups is 1. The van der Waals surface area contributed by atoms with E-state index in [0.717, 1.165) is 22.4 Å². The van der Waals surface area contributed by atoms with Gasteiger partial charge in [-0.25, -0.2) is 0 Å². The Labute approximate surface area is 151 Å². The maximum Gasteiger partial charge on any atom is 0.261 e.